The van der Waals surface area contributed by atoms with E-state index < -0.39 is 0 Å². The molecular formula is C11H21NO2. The number of ether oxygens (including phenoxy) is 1. The summed E-state index contributed by atoms with van der Waals surface area (Å²) in [5.41, 5.74) is 0. The lowest BCUT2D eigenvalue weighted by Crippen LogP contribution is -2.36. The van der Waals surface area contributed by atoms with E-state index >= 15 is 0 Å². The van der Waals surface area contributed by atoms with Crippen molar-refractivity contribution in [3.63, 3.8) is 0 Å². The highest BCUT2D eigenvalue weighted by atomic mass is 16.5. The largest absolute Gasteiger partial charge is 0.385 e. The molecule has 0 radical (unpaired) electrons. The zero-order valence-electron chi connectivity index (χ0n) is 9.08. The van der Waals surface area contributed by atoms with Crippen molar-refractivity contribution >= 4 is 6.29 Å². The SMILES string of the molecule is COCCCCN1CCCC(C=O)C1. The van der Waals surface area contributed by atoms with Crippen LogP contribution in [-0.2, 0) is 9.53 Å². The number of nitrogens with zero attached hydrogens (tertiary/aromatic N) is 1. The molecule has 1 rings (SSSR count). The Morgan fingerprint density at radius 1 is 1.50 bits per heavy atom. The Hall–Kier alpha value is -0.410. The minimum atomic E-state index is 0.283. The van der Waals surface area contributed by atoms with Crippen molar-refractivity contribution in [3.05, 3.63) is 0 Å². The quantitative estimate of drug-likeness (QED) is 0.477. The number of rotatable bonds is 6. The van der Waals surface area contributed by atoms with Gasteiger partial charge in [0.1, 0.15) is 6.29 Å². The smallest absolute Gasteiger partial charge is 0.124 e. The fourth-order valence-electron chi connectivity index (χ4n) is 1.99. The summed E-state index contributed by atoms with van der Waals surface area (Å²) < 4.78 is 5.00. The minimum Gasteiger partial charge on any atom is -0.385 e. The highest BCUT2D eigenvalue weighted by Gasteiger charge is 2.18. The van der Waals surface area contributed by atoms with Crippen LogP contribution in [0.15, 0.2) is 0 Å². The van der Waals surface area contributed by atoms with Crippen LogP contribution < -0.4 is 0 Å². The Bertz CT molecular complexity index is 161. The second kappa shape index (κ2) is 6.96. The van der Waals surface area contributed by atoms with Crippen LogP contribution in [0.3, 0.4) is 0 Å². The van der Waals surface area contributed by atoms with Gasteiger partial charge < -0.3 is 14.4 Å². The van der Waals surface area contributed by atoms with E-state index in [0.717, 1.165) is 45.4 Å². The molecule has 0 saturated carbocycles. The maximum atomic E-state index is 10.6. The van der Waals surface area contributed by atoms with E-state index in [4.69, 9.17) is 4.74 Å². The molecule has 0 bridgehead atoms. The monoisotopic (exact) mass is 199 g/mol. The normalized spacial score (nSPS) is 23.6. The molecule has 1 atom stereocenters. The maximum absolute atomic E-state index is 10.6. The van der Waals surface area contributed by atoms with Gasteiger partial charge in [-0.15, -0.1) is 0 Å². The summed E-state index contributed by atoms with van der Waals surface area (Å²) in [4.78, 5) is 13.0. The van der Waals surface area contributed by atoms with E-state index in [-0.39, 0.29) is 5.92 Å². The van der Waals surface area contributed by atoms with Gasteiger partial charge in [0.15, 0.2) is 0 Å². The van der Waals surface area contributed by atoms with E-state index in [1.54, 1.807) is 7.11 Å². The lowest BCUT2D eigenvalue weighted by Gasteiger charge is -2.29. The lowest BCUT2D eigenvalue weighted by atomic mass is 9.99. The van der Waals surface area contributed by atoms with Crippen LogP contribution in [0, 0.1) is 5.92 Å². The highest BCUT2D eigenvalue weighted by Crippen LogP contribution is 2.14. The van der Waals surface area contributed by atoms with Gasteiger partial charge in [0.05, 0.1) is 0 Å². The fraction of sp³-hybridized carbons (Fsp3) is 0.909. The predicted molar refractivity (Wildman–Crippen MR) is 56.3 cm³/mol. The number of methoxy groups -OCH3 is 1. The van der Waals surface area contributed by atoms with Gasteiger partial charge in [0.2, 0.25) is 0 Å². The standard InChI is InChI=1S/C11H21NO2/c1-14-8-3-2-6-12-7-4-5-11(9-12)10-13/h10-11H,2-9H2,1H3. The third kappa shape index (κ3) is 4.20. The Labute approximate surface area is 86.4 Å². The minimum absolute atomic E-state index is 0.283. The number of hydrogen-bond acceptors (Lipinski definition) is 3. The van der Waals surface area contributed by atoms with Gasteiger partial charge in [-0.25, -0.2) is 0 Å². The van der Waals surface area contributed by atoms with Crippen molar-refractivity contribution in [2.75, 3.05) is 33.4 Å². The number of hydrogen-bond donors (Lipinski definition) is 0. The first-order valence-corrected chi connectivity index (χ1v) is 5.53. The first-order valence-electron chi connectivity index (χ1n) is 5.53. The number of aldehydes is 1. The molecule has 0 aliphatic carbocycles. The zero-order valence-corrected chi connectivity index (χ0v) is 9.08. The summed E-state index contributed by atoms with van der Waals surface area (Å²) in [7, 11) is 1.74. The van der Waals surface area contributed by atoms with Crippen molar-refractivity contribution in [2.45, 2.75) is 25.7 Å². The summed E-state index contributed by atoms with van der Waals surface area (Å²) in [5.74, 6) is 0.283. The molecular weight excluding hydrogens is 178 g/mol. The second-order valence-electron chi connectivity index (χ2n) is 4.04. The number of carbonyl (C=O) groups is 1. The van der Waals surface area contributed by atoms with Crippen LogP contribution in [0.5, 0.6) is 0 Å². The first kappa shape index (κ1) is 11.7. The number of unbranched alkanes of at least 4 members (excludes halogenated alkanes) is 1. The number of likely N-dealkylation sites (tertiary alicyclic amines) is 1. The lowest BCUT2D eigenvalue weighted by molar-refractivity contribution is -0.112. The molecule has 82 valence electrons. The van der Waals surface area contributed by atoms with E-state index in [9.17, 15) is 4.79 Å². The van der Waals surface area contributed by atoms with Gasteiger partial charge >= 0.3 is 0 Å². The van der Waals surface area contributed by atoms with Gasteiger partial charge in [0.25, 0.3) is 0 Å². The van der Waals surface area contributed by atoms with E-state index in [1.807, 2.05) is 0 Å². The van der Waals surface area contributed by atoms with Crippen molar-refractivity contribution < 1.29 is 9.53 Å². The zero-order chi connectivity index (χ0) is 10.2. The Morgan fingerprint density at radius 2 is 2.36 bits per heavy atom. The Morgan fingerprint density at radius 3 is 3.07 bits per heavy atom. The van der Waals surface area contributed by atoms with Gasteiger partial charge in [-0.05, 0) is 38.8 Å². The molecule has 1 saturated heterocycles. The summed E-state index contributed by atoms with van der Waals surface area (Å²) in [6.07, 6.45) is 5.67. The maximum Gasteiger partial charge on any atom is 0.124 e. The van der Waals surface area contributed by atoms with Crippen molar-refractivity contribution in [2.24, 2.45) is 5.92 Å². The molecule has 3 heteroatoms. The van der Waals surface area contributed by atoms with Crippen LogP contribution in [-0.4, -0.2) is 44.5 Å². The first-order chi connectivity index (χ1) is 6.86. The van der Waals surface area contributed by atoms with Gasteiger partial charge in [-0.2, -0.15) is 0 Å². The summed E-state index contributed by atoms with van der Waals surface area (Å²) >= 11 is 0. The average molecular weight is 199 g/mol. The second-order valence-corrected chi connectivity index (χ2v) is 4.04. The fourth-order valence-corrected chi connectivity index (χ4v) is 1.99. The van der Waals surface area contributed by atoms with Crippen molar-refractivity contribution in [1.29, 1.82) is 0 Å². The molecule has 0 N–H and O–H groups in total. The Kier molecular flexibility index (Phi) is 5.80. The van der Waals surface area contributed by atoms with E-state index in [0.29, 0.717) is 0 Å². The van der Waals surface area contributed by atoms with Crippen LogP contribution in [0.2, 0.25) is 0 Å². The van der Waals surface area contributed by atoms with Crippen molar-refractivity contribution in [1.82, 2.24) is 4.90 Å². The number of carbonyl (C=O) groups excluding carboxylic acids is 1. The molecule has 0 aromatic heterocycles. The van der Waals surface area contributed by atoms with Crippen LogP contribution in [0.25, 0.3) is 0 Å². The molecule has 0 amide bonds. The molecule has 1 aliphatic rings. The van der Waals surface area contributed by atoms with Gasteiger partial charge in [-0.3, -0.25) is 0 Å². The highest BCUT2D eigenvalue weighted by molar-refractivity contribution is 5.53. The average Bonchev–Trinajstić information content (AvgIpc) is 2.25. The molecule has 1 fully saturated rings. The van der Waals surface area contributed by atoms with Crippen molar-refractivity contribution in [3.8, 4) is 0 Å². The molecule has 1 aliphatic heterocycles. The third-order valence-corrected chi connectivity index (χ3v) is 2.81. The van der Waals surface area contributed by atoms with Gasteiger partial charge in [0, 0.05) is 26.2 Å². The summed E-state index contributed by atoms with van der Waals surface area (Å²) in [6, 6.07) is 0. The molecule has 3 nitrogen and oxygen atoms in total. The molecule has 1 heterocycles. The summed E-state index contributed by atoms with van der Waals surface area (Å²) in [5, 5.41) is 0. The van der Waals surface area contributed by atoms with Gasteiger partial charge in [-0.1, -0.05) is 0 Å². The van der Waals surface area contributed by atoms with Crippen LogP contribution in [0.1, 0.15) is 25.7 Å². The van der Waals surface area contributed by atoms with Crippen LogP contribution in [0.4, 0.5) is 0 Å². The molecule has 0 aromatic rings. The topological polar surface area (TPSA) is 29.5 Å². The van der Waals surface area contributed by atoms with Crippen LogP contribution >= 0.6 is 0 Å². The van der Waals surface area contributed by atoms with E-state index in [1.165, 1.54) is 12.8 Å². The molecule has 14 heavy (non-hydrogen) atoms. The van der Waals surface area contributed by atoms with E-state index in [2.05, 4.69) is 4.90 Å². The predicted octanol–water partition coefficient (Wildman–Crippen LogP) is 1.32. The summed E-state index contributed by atoms with van der Waals surface area (Å²) in [6.45, 7) is 4.10. The molecule has 0 spiro atoms. The molecule has 1 unspecified atom stereocenters. The third-order valence-electron chi connectivity index (χ3n) is 2.81. The number of piperidine rings is 1. The molecule has 0 aromatic carbocycles. The Balaban J connectivity index is 2.08.